The van der Waals surface area contributed by atoms with Gasteiger partial charge in [0, 0.05) is 37.2 Å². The Morgan fingerprint density at radius 3 is 2.34 bits per heavy atom. The minimum atomic E-state index is -4.40. The van der Waals surface area contributed by atoms with Gasteiger partial charge in [0.15, 0.2) is 0 Å². The normalized spacial score (nSPS) is 23.1. The molecule has 1 aromatic carbocycles. The van der Waals surface area contributed by atoms with Gasteiger partial charge in [0.05, 0.1) is 10.4 Å². The molecule has 1 aliphatic carbocycles. The summed E-state index contributed by atoms with van der Waals surface area (Å²) in [5.41, 5.74) is 0.138. The first kappa shape index (κ1) is 27.5. The van der Waals surface area contributed by atoms with Crippen LogP contribution >= 0.6 is 11.6 Å². The maximum Gasteiger partial charge on any atom is 0.394 e. The van der Waals surface area contributed by atoms with E-state index in [1.807, 2.05) is 32.8 Å². The number of dihydropyridines is 1. The quantitative estimate of drug-likeness (QED) is 0.479. The third kappa shape index (κ3) is 6.02. The molecule has 0 saturated heterocycles. The molecule has 0 radical (unpaired) electrons. The van der Waals surface area contributed by atoms with E-state index in [4.69, 9.17) is 11.6 Å². The predicted molar refractivity (Wildman–Crippen MR) is 133 cm³/mol. The van der Waals surface area contributed by atoms with Crippen molar-refractivity contribution in [3.63, 3.8) is 0 Å². The van der Waals surface area contributed by atoms with Gasteiger partial charge in [-0.1, -0.05) is 24.6 Å². The number of aromatic hydroxyl groups is 1. The van der Waals surface area contributed by atoms with Crippen LogP contribution in [0, 0.1) is 30.6 Å². The van der Waals surface area contributed by atoms with E-state index >= 15 is 0 Å². The Labute approximate surface area is 210 Å². The highest BCUT2D eigenvalue weighted by Crippen LogP contribution is 2.67. The average molecular weight is 514 g/mol. The minimum absolute atomic E-state index is 0.0128. The molecule has 1 fully saturated rings. The first-order chi connectivity index (χ1) is 16.2. The third-order valence-corrected chi connectivity index (χ3v) is 7.91. The molecular weight excluding hydrogens is 479 g/mol. The summed E-state index contributed by atoms with van der Waals surface area (Å²) < 4.78 is 42.4. The number of aliphatic imine (C=N–C) groups is 1. The van der Waals surface area contributed by atoms with Crippen LogP contribution in [0.5, 0.6) is 5.75 Å². The number of rotatable bonds is 9. The molecule has 1 saturated carbocycles. The van der Waals surface area contributed by atoms with E-state index in [-0.39, 0.29) is 37.6 Å². The summed E-state index contributed by atoms with van der Waals surface area (Å²) in [4.78, 5) is 19.2. The van der Waals surface area contributed by atoms with Gasteiger partial charge in [-0.15, -0.1) is 0 Å². The van der Waals surface area contributed by atoms with Crippen molar-refractivity contribution < 1.29 is 23.1 Å². The number of nitrogens with zero attached hydrogens (tertiary/aromatic N) is 2. The number of aryl methyl sites for hydroxylation is 2. The number of phenolic OH excluding ortho intramolecular Hbond substituents is 1. The summed E-state index contributed by atoms with van der Waals surface area (Å²) in [7, 11) is 3.81. The lowest BCUT2D eigenvalue weighted by Gasteiger charge is -2.41. The zero-order chi connectivity index (χ0) is 26.2. The van der Waals surface area contributed by atoms with Crippen LogP contribution in [0.25, 0.3) is 0 Å². The van der Waals surface area contributed by atoms with Gasteiger partial charge in [0.1, 0.15) is 5.75 Å². The molecular formula is C26H35ClF3N3O2. The number of nitrogens with one attached hydrogen (secondary N) is 1. The number of alkyl halides is 3. The predicted octanol–water partition coefficient (Wildman–Crippen LogP) is 5.16. The lowest BCUT2D eigenvalue weighted by Crippen LogP contribution is -2.47. The van der Waals surface area contributed by atoms with Crippen molar-refractivity contribution in [1.82, 2.24) is 10.2 Å². The largest absolute Gasteiger partial charge is 0.508 e. The smallest absolute Gasteiger partial charge is 0.394 e. The van der Waals surface area contributed by atoms with Gasteiger partial charge >= 0.3 is 6.18 Å². The van der Waals surface area contributed by atoms with Crippen LogP contribution in [0.4, 0.5) is 13.2 Å². The fraction of sp³-hybridized carbons (Fsp3) is 0.615. The van der Waals surface area contributed by atoms with Crippen LogP contribution in [0.2, 0.25) is 0 Å². The van der Waals surface area contributed by atoms with Crippen LogP contribution in [0.1, 0.15) is 42.9 Å². The molecule has 1 aliphatic heterocycles. The van der Waals surface area contributed by atoms with E-state index in [9.17, 15) is 23.1 Å². The van der Waals surface area contributed by atoms with Crippen LogP contribution in [-0.2, 0) is 11.2 Å². The number of halogens is 4. The average Bonchev–Trinajstić information content (AvgIpc) is 3.52. The standard InChI is InChI=1S/C26H35ClF3N3O2/c1-16-8-20(34)9-17(2)21(16)10-19(33(4)5)14-32-23(35)11-22(25(6-7-25)26(28,29)30)24(3)12-18(27)13-31-15-24/h8-9,12-13,19,22,34H,6-7,10-11,14-15H2,1-5H3,(H,32,35)/t19-,22-,24?/m0/s1. The van der Waals surface area contributed by atoms with E-state index in [0.29, 0.717) is 18.0 Å². The number of allylic oxidation sites excluding steroid dienone is 1. The molecule has 3 rings (SSSR count). The van der Waals surface area contributed by atoms with Crippen molar-refractivity contribution in [3.8, 4) is 5.75 Å². The highest BCUT2D eigenvalue weighted by molar-refractivity contribution is 6.39. The number of carbonyl (C=O) groups is 1. The van der Waals surface area contributed by atoms with Gasteiger partial charge in [-0.2, -0.15) is 13.2 Å². The molecule has 0 bridgehead atoms. The van der Waals surface area contributed by atoms with Crippen molar-refractivity contribution in [2.24, 2.45) is 21.7 Å². The van der Waals surface area contributed by atoms with Gasteiger partial charge in [0.2, 0.25) is 5.91 Å². The minimum Gasteiger partial charge on any atom is -0.508 e. The number of hydrogen-bond acceptors (Lipinski definition) is 4. The van der Waals surface area contributed by atoms with Crippen molar-refractivity contribution >= 4 is 23.7 Å². The van der Waals surface area contributed by atoms with Gasteiger partial charge in [-0.25, -0.2) is 0 Å². The lowest BCUT2D eigenvalue weighted by atomic mass is 9.66. The topological polar surface area (TPSA) is 64.9 Å². The summed E-state index contributed by atoms with van der Waals surface area (Å²) in [6.07, 6.45) is -0.914. The maximum absolute atomic E-state index is 14.1. The highest BCUT2D eigenvalue weighted by atomic mass is 35.5. The Kier molecular flexibility index (Phi) is 7.97. The summed E-state index contributed by atoms with van der Waals surface area (Å²) in [5, 5.41) is 13.0. The Balaban J connectivity index is 1.75. The van der Waals surface area contributed by atoms with Gasteiger partial charge in [0.25, 0.3) is 0 Å². The molecule has 1 amide bonds. The van der Waals surface area contributed by atoms with Crippen molar-refractivity contribution in [1.29, 1.82) is 0 Å². The Morgan fingerprint density at radius 2 is 1.86 bits per heavy atom. The summed E-state index contributed by atoms with van der Waals surface area (Å²) in [6, 6.07) is 3.34. The van der Waals surface area contributed by atoms with E-state index in [1.54, 1.807) is 25.1 Å². The number of phenols is 1. The second kappa shape index (κ2) is 10.1. The lowest BCUT2D eigenvalue weighted by molar-refractivity contribution is -0.212. The van der Waals surface area contributed by atoms with Crippen LogP contribution in [0.3, 0.4) is 0 Å². The van der Waals surface area contributed by atoms with Crippen molar-refractivity contribution in [3.05, 3.63) is 39.9 Å². The van der Waals surface area contributed by atoms with E-state index in [2.05, 4.69) is 10.3 Å². The number of hydrogen-bond donors (Lipinski definition) is 2. The fourth-order valence-corrected chi connectivity index (χ4v) is 5.74. The van der Waals surface area contributed by atoms with Crippen LogP contribution in [-0.4, -0.2) is 61.5 Å². The maximum atomic E-state index is 14.1. The van der Waals surface area contributed by atoms with Gasteiger partial charge in [-0.3, -0.25) is 9.79 Å². The number of carbonyl (C=O) groups excluding carboxylic acids is 1. The summed E-state index contributed by atoms with van der Waals surface area (Å²) >= 11 is 6.13. The van der Waals surface area contributed by atoms with E-state index < -0.39 is 28.8 Å². The molecule has 1 heterocycles. The second-order valence-electron chi connectivity index (χ2n) is 10.6. The first-order valence-electron chi connectivity index (χ1n) is 11.9. The molecule has 1 unspecified atom stereocenters. The van der Waals surface area contributed by atoms with Gasteiger partial charge < -0.3 is 15.3 Å². The molecule has 9 heteroatoms. The third-order valence-electron chi connectivity index (χ3n) is 7.71. The fourth-order valence-electron chi connectivity index (χ4n) is 5.42. The Morgan fingerprint density at radius 1 is 1.26 bits per heavy atom. The Hall–Kier alpha value is -2.06. The molecule has 3 atom stereocenters. The molecule has 5 nitrogen and oxygen atoms in total. The molecule has 35 heavy (non-hydrogen) atoms. The molecule has 1 aromatic rings. The van der Waals surface area contributed by atoms with E-state index in [0.717, 1.165) is 16.7 Å². The molecule has 2 N–H and O–H groups in total. The van der Waals surface area contributed by atoms with Crippen LogP contribution < -0.4 is 5.32 Å². The van der Waals surface area contributed by atoms with Crippen molar-refractivity contribution in [2.45, 2.75) is 58.7 Å². The number of benzene rings is 1. The number of likely N-dealkylation sites (N-methyl/N-ethyl adjacent to an activating group) is 1. The number of amides is 1. The summed E-state index contributed by atoms with van der Waals surface area (Å²) in [6.45, 7) is 6.03. The van der Waals surface area contributed by atoms with Crippen LogP contribution in [0.15, 0.2) is 28.2 Å². The molecule has 194 valence electrons. The monoisotopic (exact) mass is 513 g/mol. The summed E-state index contributed by atoms with van der Waals surface area (Å²) in [5.74, 6) is -1.16. The molecule has 0 spiro atoms. The SMILES string of the molecule is Cc1cc(O)cc(C)c1C[C@@H](CNC(=O)C[C@@H](C1(C)C=C(Cl)C=NC1)C1(C(F)(F)F)CC1)N(C)C. The molecule has 0 aromatic heterocycles. The van der Waals surface area contributed by atoms with Crippen molar-refractivity contribution in [2.75, 3.05) is 27.2 Å². The second-order valence-corrected chi connectivity index (χ2v) is 11.0. The van der Waals surface area contributed by atoms with Gasteiger partial charge in [-0.05, 0) is 81.9 Å². The highest BCUT2D eigenvalue weighted by Gasteiger charge is 2.69. The van der Waals surface area contributed by atoms with E-state index in [1.165, 1.54) is 6.21 Å². The Bertz CT molecular complexity index is 995. The first-order valence-corrected chi connectivity index (χ1v) is 12.2. The zero-order valence-electron chi connectivity index (χ0n) is 21.0. The molecule has 2 aliphatic rings. The zero-order valence-corrected chi connectivity index (χ0v) is 21.7.